The standard InChI is InChI=1S/C21H17Cl2N5O/c1-13-2-5-15(6-3-13)19-9-20(27-26-19)21(29)25-16-10-24-28(12-16)11-14-4-7-17(22)18(23)8-14/h2-10,12H,11H2,1H3,(H,25,29)(H,26,27). The van der Waals surface area contributed by atoms with Crippen LogP contribution >= 0.6 is 23.2 Å². The molecule has 0 saturated carbocycles. The molecule has 2 heterocycles. The largest absolute Gasteiger partial charge is 0.318 e. The van der Waals surface area contributed by atoms with Crippen LogP contribution in [0.25, 0.3) is 11.3 Å². The lowest BCUT2D eigenvalue weighted by Gasteiger charge is -2.03. The van der Waals surface area contributed by atoms with E-state index >= 15 is 0 Å². The number of anilines is 1. The van der Waals surface area contributed by atoms with E-state index in [0.717, 1.165) is 11.1 Å². The Kier molecular flexibility index (Phi) is 5.38. The molecule has 2 N–H and O–H groups in total. The van der Waals surface area contributed by atoms with Crippen molar-refractivity contribution in [2.24, 2.45) is 0 Å². The van der Waals surface area contributed by atoms with Gasteiger partial charge in [0.2, 0.25) is 0 Å². The van der Waals surface area contributed by atoms with Crippen LogP contribution in [0.5, 0.6) is 0 Å². The average molecular weight is 426 g/mol. The van der Waals surface area contributed by atoms with Gasteiger partial charge < -0.3 is 5.32 Å². The van der Waals surface area contributed by atoms with Crippen LogP contribution in [0, 0.1) is 6.92 Å². The van der Waals surface area contributed by atoms with Crippen LogP contribution in [0.2, 0.25) is 10.0 Å². The predicted molar refractivity (Wildman–Crippen MR) is 115 cm³/mol. The highest BCUT2D eigenvalue weighted by Crippen LogP contribution is 2.23. The second kappa shape index (κ2) is 8.11. The molecule has 0 saturated heterocycles. The highest BCUT2D eigenvalue weighted by Gasteiger charge is 2.12. The third kappa shape index (κ3) is 4.50. The molecule has 2 aromatic heterocycles. The molecular weight excluding hydrogens is 409 g/mol. The van der Waals surface area contributed by atoms with Gasteiger partial charge in [0.15, 0.2) is 0 Å². The topological polar surface area (TPSA) is 75.6 Å². The van der Waals surface area contributed by atoms with Crippen molar-refractivity contribution in [3.8, 4) is 11.3 Å². The van der Waals surface area contributed by atoms with Gasteiger partial charge in [0, 0.05) is 11.8 Å². The minimum absolute atomic E-state index is 0.287. The van der Waals surface area contributed by atoms with E-state index in [1.54, 1.807) is 35.3 Å². The molecule has 146 valence electrons. The minimum Gasteiger partial charge on any atom is -0.318 e. The number of nitrogens with zero attached hydrogens (tertiary/aromatic N) is 3. The molecule has 29 heavy (non-hydrogen) atoms. The van der Waals surface area contributed by atoms with Crippen molar-refractivity contribution in [2.45, 2.75) is 13.5 Å². The normalized spacial score (nSPS) is 10.9. The summed E-state index contributed by atoms with van der Waals surface area (Å²) in [4.78, 5) is 12.5. The number of hydrogen-bond donors (Lipinski definition) is 2. The van der Waals surface area contributed by atoms with Crippen LogP contribution in [-0.4, -0.2) is 25.9 Å². The van der Waals surface area contributed by atoms with Gasteiger partial charge in [-0.25, -0.2) is 0 Å². The summed E-state index contributed by atoms with van der Waals surface area (Å²) in [6, 6.07) is 15.1. The van der Waals surface area contributed by atoms with Crippen molar-refractivity contribution in [1.82, 2.24) is 20.0 Å². The third-order valence-corrected chi connectivity index (χ3v) is 5.13. The van der Waals surface area contributed by atoms with Gasteiger partial charge in [-0.1, -0.05) is 59.1 Å². The molecule has 0 fully saturated rings. The van der Waals surface area contributed by atoms with E-state index in [1.165, 1.54) is 5.56 Å². The average Bonchev–Trinajstić information content (AvgIpc) is 3.35. The van der Waals surface area contributed by atoms with E-state index < -0.39 is 0 Å². The van der Waals surface area contributed by atoms with Crippen molar-refractivity contribution in [2.75, 3.05) is 5.32 Å². The van der Waals surface area contributed by atoms with Crippen molar-refractivity contribution in [1.29, 1.82) is 0 Å². The quantitative estimate of drug-likeness (QED) is 0.461. The zero-order chi connectivity index (χ0) is 20.4. The Morgan fingerprint density at radius 1 is 1.10 bits per heavy atom. The van der Waals surface area contributed by atoms with E-state index in [2.05, 4.69) is 20.6 Å². The Bertz CT molecular complexity index is 1160. The predicted octanol–water partition coefficient (Wildman–Crippen LogP) is 5.19. The molecule has 2 aromatic carbocycles. The molecule has 0 radical (unpaired) electrons. The number of nitrogens with one attached hydrogen (secondary N) is 2. The second-order valence-corrected chi connectivity index (χ2v) is 7.48. The lowest BCUT2D eigenvalue weighted by atomic mass is 10.1. The number of benzene rings is 2. The van der Waals surface area contributed by atoms with Crippen LogP contribution in [0.15, 0.2) is 60.9 Å². The number of aromatic nitrogens is 4. The van der Waals surface area contributed by atoms with Gasteiger partial charge in [-0.2, -0.15) is 10.2 Å². The zero-order valence-corrected chi connectivity index (χ0v) is 17.0. The van der Waals surface area contributed by atoms with Crippen LogP contribution in [-0.2, 0) is 6.54 Å². The molecule has 0 spiro atoms. The minimum atomic E-state index is -0.287. The van der Waals surface area contributed by atoms with Crippen molar-refractivity contribution in [3.05, 3.63) is 87.8 Å². The van der Waals surface area contributed by atoms with Gasteiger partial charge in [0.25, 0.3) is 5.91 Å². The second-order valence-electron chi connectivity index (χ2n) is 6.66. The van der Waals surface area contributed by atoms with Gasteiger partial charge in [-0.15, -0.1) is 0 Å². The highest BCUT2D eigenvalue weighted by atomic mass is 35.5. The van der Waals surface area contributed by atoms with Crippen LogP contribution < -0.4 is 5.32 Å². The number of carbonyl (C=O) groups is 1. The number of halogens is 2. The number of aromatic amines is 1. The maximum atomic E-state index is 12.5. The zero-order valence-electron chi connectivity index (χ0n) is 15.5. The number of aryl methyl sites for hydroxylation is 1. The smallest absolute Gasteiger partial charge is 0.273 e. The van der Waals surface area contributed by atoms with Crippen molar-refractivity contribution in [3.63, 3.8) is 0 Å². The summed E-state index contributed by atoms with van der Waals surface area (Å²) in [7, 11) is 0. The first kappa shape index (κ1) is 19.2. The summed E-state index contributed by atoms with van der Waals surface area (Å²) < 4.78 is 1.71. The SMILES string of the molecule is Cc1ccc(-c2cc(C(=O)Nc3cnn(Cc4ccc(Cl)c(Cl)c4)c3)[nH]n2)cc1. The first-order valence-corrected chi connectivity index (χ1v) is 9.64. The molecular formula is C21H17Cl2N5O. The Labute approximate surface area is 177 Å². The lowest BCUT2D eigenvalue weighted by Crippen LogP contribution is -2.11. The van der Waals surface area contributed by atoms with Crippen molar-refractivity contribution >= 4 is 34.8 Å². The van der Waals surface area contributed by atoms with Crippen LogP contribution in [0.4, 0.5) is 5.69 Å². The molecule has 1 amide bonds. The Hall–Kier alpha value is -3.09. The molecule has 4 aromatic rings. The van der Waals surface area contributed by atoms with E-state index in [0.29, 0.717) is 33.7 Å². The van der Waals surface area contributed by atoms with E-state index in [9.17, 15) is 4.79 Å². The summed E-state index contributed by atoms with van der Waals surface area (Å²) in [5.74, 6) is -0.287. The van der Waals surface area contributed by atoms with Gasteiger partial charge >= 0.3 is 0 Å². The highest BCUT2D eigenvalue weighted by molar-refractivity contribution is 6.42. The van der Waals surface area contributed by atoms with E-state index in [1.807, 2.05) is 37.3 Å². The van der Waals surface area contributed by atoms with Gasteiger partial charge in [0.1, 0.15) is 5.69 Å². The summed E-state index contributed by atoms with van der Waals surface area (Å²) in [6.45, 7) is 2.53. The lowest BCUT2D eigenvalue weighted by molar-refractivity contribution is 0.102. The van der Waals surface area contributed by atoms with E-state index in [4.69, 9.17) is 23.2 Å². The molecule has 0 atom stereocenters. The summed E-state index contributed by atoms with van der Waals surface area (Å²) in [6.07, 6.45) is 3.34. The summed E-state index contributed by atoms with van der Waals surface area (Å²) in [5, 5.41) is 15.1. The Morgan fingerprint density at radius 2 is 1.90 bits per heavy atom. The van der Waals surface area contributed by atoms with Crippen LogP contribution in [0.3, 0.4) is 0 Å². The molecule has 6 nitrogen and oxygen atoms in total. The number of amides is 1. The summed E-state index contributed by atoms with van der Waals surface area (Å²) in [5.41, 5.74) is 4.74. The number of carbonyl (C=O) groups excluding carboxylic acids is 1. The molecule has 0 aliphatic carbocycles. The number of hydrogen-bond acceptors (Lipinski definition) is 3. The third-order valence-electron chi connectivity index (χ3n) is 4.39. The van der Waals surface area contributed by atoms with Gasteiger partial charge in [0.05, 0.1) is 34.2 Å². The summed E-state index contributed by atoms with van der Waals surface area (Å²) >= 11 is 12.0. The van der Waals surface area contributed by atoms with E-state index in [-0.39, 0.29) is 5.91 Å². The maximum Gasteiger partial charge on any atom is 0.273 e. The van der Waals surface area contributed by atoms with Crippen molar-refractivity contribution < 1.29 is 4.79 Å². The molecule has 0 aliphatic heterocycles. The molecule has 0 unspecified atom stereocenters. The maximum absolute atomic E-state index is 12.5. The van der Waals surface area contributed by atoms with Gasteiger partial charge in [-0.3, -0.25) is 14.6 Å². The molecule has 8 heteroatoms. The fourth-order valence-electron chi connectivity index (χ4n) is 2.85. The molecule has 4 rings (SSSR count). The number of rotatable bonds is 5. The number of H-pyrrole nitrogens is 1. The fraction of sp³-hybridized carbons (Fsp3) is 0.0952. The fourth-order valence-corrected chi connectivity index (χ4v) is 3.17. The first-order chi connectivity index (χ1) is 14.0. The molecule has 0 bridgehead atoms. The van der Waals surface area contributed by atoms with Crippen LogP contribution in [0.1, 0.15) is 21.6 Å². The van der Waals surface area contributed by atoms with Gasteiger partial charge in [-0.05, 0) is 30.7 Å². The monoisotopic (exact) mass is 425 g/mol. The molecule has 0 aliphatic rings. The first-order valence-electron chi connectivity index (χ1n) is 8.88. The Morgan fingerprint density at radius 3 is 2.66 bits per heavy atom. The Balaban J connectivity index is 1.42.